The van der Waals surface area contributed by atoms with Crippen molar-refractivity contribution in [2.24, 2.45) is 17.8 Å². The van der Waals surface area contributed by atoms with E-state index in [1.165, 1.54) is 4.90 Å². The van der Waals surface area contributed by atoms with Crippen LogP contribution in [0.25, 0.3) is 0 Å². The summed E-state index contributed by atoms with van der Waals surface area (Å²) >= 11 is 0. The first kappa shape index (κ1) is 27.3. The maximum atomic E-state index is 14.0. The number of carbonyl (C=O) groups is 4. The number of para-hydroxylation sites is 2. The zero-order valence-corrected chi connectivity index (χ0v) is 24.6. The number of hydrogen-bond donors (Lipinski definition) is 0. The second kappa shape index (κ2) is 10.4. The average molecular weight is 599 g/mol. The van der Waals surface area contributed by atoms with Crippen LogP contribution in [0, 0.1) is 17.8 Å². The first-order valence-electron chi connectivity index (χ1n) is 15.4. The number of imide groups is 1. The Kier molecular flexibility index (Phi) is 6.34. The number of rotatable bonds is 6. The normalized spacial score (nSPS) is 24.4. The number of carbonyl (C=O) groups excluding carboxylic acids is 4. The van der Waals surface area contributed by atoms with Crippen molar-refractivity contribution in [3.63, 3.8) is 0 Å². The molecule has 0 radical (unpaired) electrons. The van der Waals surface area contributed by atoms with Crippen molar-refractivity contribution >= 4 is 35.1 Å². The predicted octanol–water partition coefficient (Wildman–Crippen LogP) is 5.44. The number of nitrogens with zero attached hydrogens (tertiary/aromatic N) is 2. The number of benzene rings is 4. The fraction of sp³-hybridized carbons (Fsp3) is 0.243. The number of amides is 3. The second-order valence-corrected chi connectivity index (χ2v) is 12.0. The number of anilines is 2. The van der Waals surface area contributed by atoms with E-state index in [1.807, 2.05) is 43.3 Å². The summed E-state index contributed by atoms with van der Waals surface area (Å²) in [5.41, 5.74) is 5.57. The molecule has 2 aliphatic heterocycles. The number of esters is 1. The summed E-state index contributed by atoms with van der Waals surface area (Å²) in [7, 11) is 0. The molecule has 2 heterocycles. The molecule has 4 aromatic rings. The summed E-state index contributed by atoms with van der Waals surface area (Å²) in [5.74, 6) is -2.17. The standard InChI is InChI=1S/C37H30N2O6/c1-2-44-29-14-8-7-13-28(29)38-20-21(19-30(38)40)37(43)45-23-17-15-22(16-18-23)39-35(41)33-31-24-9-3-4-10-25(24)32(34(33)36(39)42)27-12-6-5-11-26(27)31/h3-18,21,31-34H,2,19-20H2,1H3/t21-,31?,32?,33-,34+/m1/s1. The van der Waals surface area contributed by atoms with Crippen molar-refractivity contribution in [2.75, 3.05) is 23.0 Å². The summed E-state index contributed by atoms with van der Waals surface area (Å²) in [6.07, 6.45) is 0.0318. The van der Waals surface area contributed by atoms with Gasteiger partial charge in [0.05, 0.1) is 35.7 Å². The Bertz CT molecular complexity index is 1770. The van der Waals surface area contributed by atoms with E-state index >= 15 is 0 Å². The van der Waals surface area contributed by atoms with Crippen LogP contribution in [0.1, 0.15) is 47.4 Å². The molecule has 3 aliphatic carbocycles. The van der Waals surface area contributed by atoms with E-state index in [4.69, 9.17) is 9.47 Å². The van der Waals surface area contributed by atoms with Crippen molar-refractivity contribution < 1.29 is 28.7 Å². The quantitative estimate of drug-likeness (QED) is 0.167. The zero-order chi connectivity index (χ0) is 30.8. The maximum Gasteiger partial charge on any atom is 0.316 e. The van der Waals surface area contributed by atoms with Crippen LogP contribution < -0.4 is 19.3 Å². The van der Waals surface area contributed by atoms with Gasteiger partial charge in [0.25, 0.3) is 0 Å². The molecule has 4 aromatic carbocycles. The van der Waals surface area contributed by atoms with Gasteiger partial charge in [-0.05, 0) is 65.6 Å². The molecule has 3 atom stereocenters. The molecule has 2 saturated heterocycles. The highest BCUT2D eigenvalue weighted by molar-refractivity contribution is 6.23. The number of hydrogen-bond acceptors (Lipinski definition) is 6. The summed E-state index contributed by atoms with van der Waals surface area (Å²) < 4.78 is 11.3. The zero-order valence-electron chi connectivity index (χ0n) is 24.6. The van der Waals surface area contributed by atoms with Gasteiger partial charge in [0, 0.05) is 24.8 Å². The molecule has 0 spiro atoms. The Morgan fingerprint density at radius 2 is 1.27 bits per heavy atom. The minimum Gasteiger partial charge on any atom is -0.492 e. The molecule has 5 aliphatic rings. The molecule has 8 heteroatoms. The van der Waals surface area contributed by atoms with E-state index in [1.54, 1.807) is 41.3 Å². The fourth-order valence-corrected chi connectivity index (χ4v) is 7.85. The first-order valence-corrected chi connectivity index (χ1v) is 15.4. The minimum absolute atomic E-state index is 0.0318. The van der Waals surface area contributed by atoms with Gasteiger partial charge in [0.2, 0.25) is 17.7 Å². The minimum atomic E-state index is -0.643. The van der Waals surface area contributed by atoms with E-state index in [2.05, 4.69) is 24.3 Å². The van der Waals surface area contributed by atoms with E-state index in [0.717, 1.165) is 22.3 Å². The lowest BCUT2D eigenvalue weighted by molar-refractivity contribution is -0.139. The maximum absolute atomic E-state index is 14.0. The highest BCUT2D eigenvalue weighted by Crippen LogP contribution is 2.61. The number of ether oxygens (including phenoxy) is 2. The molecule has 3 amide bonds. The Balaban J connectivity index is 1.01. The lowest BCUT2D eigenvalue weighted by atomic mass is 9.55. The van der Waals surface area contributed by atoms with Crippen LogP contribution in [0.4, 0.5) is 11.4 Å². The van der Waals surface area contributed by atoms with Crippen LogP contribution in [-0.2, 0) is 19.2 Å². The molecule has 0 N–H and O–H groups in total. The molecule has 9 rings (SSSR count). The van der Waals surface area contributed by atoms with Crippen LogP contribution in [-0.4, -0.2) is 36.8 Å². The van der Waals surface area contributed by atoms with Gasteiger partial charge in [0.1, 0.15) is 11.5 Å². The molecule has 8 nitrogen and oxygen atoms in total. The molecule has 2 bridgehead atoms. The monoisotopic (exact) mass is 598 g/mol. The third-order valence-corrected chi connectivity index (χ3v) is 9.68. The van der Waals surface area contributed by atoms with Crippen molar-refractivity contribution in [1.29, 1.82) is 0 Å². The Morgan fingerprint density at radius 1 is 0.733 bits per heavy atom. The van der Waals surface area contributed by atoms with Gasteiger partial charge in [-0.2, -0.15) is 0 Å². The van der Waals surface area contributed by atoms with Gasteiger partial charge in [-0.3, -0.25) is 19.2 Å². The van der Waals surface area contributed by atoms with Crippen LogP contribution in [0.15, 0.2) is 97.1 Å². The van der Waals surface area contributed by atoms with Crippen LogP contribution in [0.2, 0.25) is 0 Å². The van der Waals surface area contributed by atoms with Gasteiger partial charge >= 0.3 is 5.97 Å². The second-order valence-electron chi connectivity index (χ2n) is 12.0. The highest BCUT2D eigenvalue weighted by atomic mass is 16.5. The van der Waals surface area contributed by atoms with Crippen molar-refractivity contribution in [2.45, 2.75) is 25.2 Å². The summed E-state index contributed by atoms with van der Waals surface area (Å²) in [6, 6.07) is 30.0. The van der Waals surface area contributed by atoms with E-state index < -0.39 is 23.7 Å². The van der Waals surface area contributed by atoms with Crippen molar-refractivity contribution in [1.82, 2.24) is 0 Å². The lowest BCUT2D eigenvalue weighted by Crippen LogP contribution is -2.41. The summed E-state index contributed by atoms with van der Waals surface area (Å²) in [5, 5.41) is 0. The van der Waals surface area contributed by atoms with E-state index in [0.29, 0.717) is 23.7 Å². The Morgan fingerprint density at radius 3 is 1.82 bits per heavy atom. The third kappa shape index (κ3) is 4.12. The van der Waals surface area contributed by atoms with Gasteiger partial charge in [0.15, 0.2) is 0 Å². The fourth-order valence-electron chi connectivity index (χ4n) is 7.85. The van der Waals surface area contributed by atoms with Gasteiger partial charge < -0.3 is 14.4 Å². The average Bonchev–Trinajstić information content (AvgIpc) is 3.58. The van der Waals surface area contributed by atoms with Gasteiger partial charge in [-0.1, -0.05) is 60.7 Å². The molecule has 0 aromatic heterocycles. The lowest BCUT2D eigenvalue weighted by Gasteiger charge is -2.45. The van der Waals surface area contributed by atoms with E-state index in [-0.39, 0.29) is 48.3 Å². The predicted molar refractivity (Wildman–Crippen MR) is 166 cm³/mol. The molecular weight excluding hydrogens is 568 g/mol. The summed E-state index contributed by atoms with van der Waals surface area (Å²) in [4.78, 5) is 56.9. The molecule has 224 valence electrons. The molecule has 2 fully saturated rings. The third-order valence-electron chi connectivity index (χ3n) is 9.68. The van der Waals surface area contributed by atoms with Crippen LogP contribution >= 0.6 is 0 Å². The molecule has 0 saturated carbocycles. The SMILES string of the molecule is CCOc1ccccc1N1C[C@H](C(=O)Oc2ccc(N3C(=O)[C@@H]4C5c6ccccc6C(c6ccccc65)[C@@H]4C3=O)cc2)CC1=O. The van der Waals surface area contributed by atoms with Gasteiger partial charge in [-0.25, -0.2) is 4.90 Å². The summed E-state index contributed by atoms with van der Waals surface area (Å²) in [6.45, 7) is 2.52. The first-order chi connectivity index (χ1) is 22.0. The van der Waals surface area contributed by atoms with Crippen molar-refractivity contribution in [3.8, 4) is 11.5 Å². The molecule has 0 unspecified atom stereocenters. The van der Waals surface area contributed by atoms with Crippen LogP contribution in [0.3, 0.4) is 0 Å². The van der Waals surface area contributed by atoms with Gasteiger partial charge in [-0.15, -0.1) is 0 Å². The molecular formula is C37H30N2O6. The van der Waals surface area contributed by atoms with Crippen LogP contribution in [0.5, 0.6) is 11.5 Å². The molecule has 45 heavy (non-hydrogen) atoms. The van der Waals surface area contributed by atoms with E-state index in [9.17, 15) is 19.2 Å². The highest BCUT2D eigenvalue weighted by Gasteiger charge is 2.61. The Hall–Kier alpha value is -5.24. The largest absolute Gasteiger partial charge is 0.492 e. The van der Waals surface area contributed by atoms with Crippen molar-refractivity contribution in [3.05, 3.63) is 119 Å². The smallest absolute Gasteiger partial charge is 0.316 e. The topological polar surface area (TPSA) is 93.2 Å². The Labute approximate surface area is 260 Å².